The van der Waals surface area contributed by atoms with Crippen LogP contribution in [-0.2, 0) is 16.2 Å². The van der Waals surface area contributed by atoms with Crippen molar-refractivity contribution in [2.45, 2.75) is 18.0 Å². The molecule has 0 atom stereocenters. The fourth-order valence-corrected chi connectivity index (χ4v) is 4.06. The van der Waals surface area contributed by atoms with Crippen molar-refractivity contribution in [3.05, 3.63) is 88.4 Å². The highest BCUT2D eigenvalue weighted by atomic mass is 35.5. The summed E-state index contributed by atoms with van der Waals surface area (Å²) in [5.41, 5.74) is -0.522. The summed E-state index contributed by atoms with van der Waals surface area (Å²) in [7, 11) is -3.92. The monoisotopic (exact) mass is 468 g/mol. The van der Waals surface area contributed by atoms with Gasteiger partial charge in [0.25, 0.3) is 15.9 Å². The van der Waals surface area contributed by atoms with Gasteiger partial charge in [-0.05, 0) is 49.4 Å². The van der Waals surface area contributed by atoms with Crippen molar-refractivity contribution in [3.63, 3.8) is 0 Å². The molecule has 3 aromatic carbocycles. The highest BCUT2D eigenvalue weighted by Gasteiger charge is 2.33. The van der Waals surface area contributed by atoms with Crippen molar-refractivity contribution in [1.29, 1.82) is 0 Å². The van der Waals surface area contributed by atoms with Gasteiger partial charge in [-0.3, -0.25) is 9.52 Å². The molecule has 0 radical (unpaired) electrons. The Morgan fingerprint density at radius 1 is 0.935 bits per heavy atom. The molecule has 0 heterocycles. The zero-order chi connectivity index (χ0) is 22.8. The van der Waals surface area contributed by atoms with E-state index in [0.717, 1.165) is 17.7 Å². The summed E-state index contributed by atoms with van der Waals surface area (Å²) < 4.78 is 66.6. The molecule has 3 aromatic rings. The second-order valence-electron chi connectivity index (χ2n) is 6.61. The number of sulfonamides is 1. The number of hydrogen-bond acceptors (Lipinski definition) is 3. The van der Waals surface area contributed by atoms with Crippen molar-refractivity contribution < 1.29 is 26.4 Å². The van der Waals surface area contributed by atoms with E-state index >= 15 is 0 Å². The third-order valence-electron chi connectivity index (χ3n) is 4.29. The van der Waals surface area contributed by atoms with Crippen molar-refractivity contribution in [2.75, 3.05) is 10.0 Å². The molecule has 0 aromatic heterocycles. The Morgan fingerprint density at radius 3 is 2.19 bits per heavy atom. The second-order valence-corrected chi connectivity index (χ2v) is 8.70. The second kappa shape index (κ2) is 8.60. The van der Waals surface area contributed by atoms with Gasteiger partial charge in [0.1, 0.15) is 0 Å². The van der Waals surface area contributed by atoms with E-state index in [4.69, 9.17) is 11.6 Å². The highest BCUT2D eigenvalue weighted by Crippen LogP contribution is 2.35. The molecular weight excluding hydrogens is 453 g/mol. The number of nitrogens with one attached hydrogen (secondary N) is 2. The number of benzene rings is 3. The zero-order valence-electron chi connectivity index (χ0n) is 16.0. The van der Waals surface area contributed by atoms with E-state index < -0.39 is 33.4 Å². The lowest BCUT2D eigenvalue weighted by Gasteiger charge is -2.14. The Hall–Kier alpha value is -3.04. The standard InChI is InChI=1S/C21H16ClF3N2O3S/c1-13-6-9-15(10-7-13)31(29,30)27-19-11-8-14(12-17(19)22)20(28)26-18-5-3-2-4-16(18)21(23,24)25/h2-12,27H,1H3,(H,26,28). The normalized spacial score (nSPS) is 11.8. The maximum absolute atomic E-state index is 13.1. The number of rotatable bonds is 5. The number of halogens is 4. The van der Waals surface area contributed by atoms with Gasteiger partial charge in [0.15, 0.2) is 0 Å². The lowest BCUT2D eigenvalue weighted by atomic mass is 10.1. The van der Waals surface area contributed by atoms with Crippen molar-refractivity contribution in [1.82, 2.24) is 0 Å². The maximum Gasteiger partial charge on any atom is 0.418 e. The average Bonchev–Trinajstić information content (AvgIpc) is 2.69. The summed E-state index contributed by atoms with van der Waals surface area (Å²) in [4.78, 5) is 12.4. The van der Waals surface area contributed by atoms with Gasteiger partial charge < -0.3 is 5.32 Å². The lowest BCUT2D eigenvalue weighted by molar-refractivity contribution is -0.136. The van der Waals surface area contributed by atoms with Gasteiger partial charge >= 0.3 is 6.18 Å². The van der Waals surface area contributed by atoms with Crippen LogP contribution in [0.3, 0.4) is 0 Å². The van der Waals surface area contributed by atoms with Gasteiger partial charge in [-0.25, -0.2) is 8.42 Å². The molecule has 0 aliphatic rings. The third kappa shape index (κ3) is 5.36. The molecule has 0 aliphatic heterocycles. The molecule has 2 N–H and O–H groups in total. The largest absolute Gasteiger partial charge is 0.418 e. The topological polar surface area (TPSA) is 75.3 Å². The summed E-state index contributed by atoms with van der Waals surface area (Å²) in [5.74, 6) is -0.827. The summed E-state index contributed by atoms with van der Waals surface area (Å²) in [5, 5.41) is 2.11. The van der Waals surface area contributed by atoms with E-state index in [1.807, 2.05) is 6.92 Å². The lowest BCUT2D eigenvalue weighted by Crippen LogP contribution is -2.17. The number of carbonyl (C=O) groups excluding carboxylic acids is 1. The third-order valence-corrected chi connectivity index (χ3v) is 5.98. The van der Waals surface area contributed by atoms with Gasteiger partial charge in [-0.2, -0.15) is 13.2 Å². The van der Waals surface area contributed by atoms with Gasteiger partial charge in [-0.1, -0.05) is 41.4 Å². The predicted molar refractivity (Wildman–Crippen MR) is 113 cm³/mol. The molecule has 10 heteroatoms. The predicted octanol–water partition coefficient (Wildman–Crippen LogP) is 5.72. The number of carbonyl (C=O) groups is 1. The Kier molecular flexibility index (Phi) is 6.28. The molecule has 0 spiro atoms. The summed E-state index contributed by atoms with van der Waals surface area (Å²) >= 11 is 6.11. The molecule has 5 nitrogen and oxygen atoms in total. The zero-order valence-corrected chi connectivity index (χ0v) is 17.6. The van der Waals surface area contributed by atoms with Gasteiger partial charge in [0.05, 0.1) is 26.9 Å². The molecule has 0 aliphatic carbocycles. The van der Waals surface area contributed by atoms with E-state index in [1.165, 1.54) is 42.5 Å². The minimum atomic E-state index is -4.64. The van der Waals surface area contributed by atoms with Crippen molar-refractivity contribution in [2.24, 2.45) is 0 Å². The van der Waals surface area contributed by atoms with Gasteiger partial charge in [0.2, 0.25) is 0 Å². The number of hydrogen-bond donors (Lipinski definition) is 2. The number of alkyl halides is 3. The summed E-state index contributed by atoms with van der Waals surface area (Å²) in [6.07, 6.45) is -4.64. The number of anilines is 2. The van der Waals surface area contributed by atoms with E-state index in [0.29, 0.717) is 0 Å². The fourth-order valence-electron chi connectivity index (χ4n) is 2.69. The minimum Gasteiger partial charge on any atom is -0.321 e. The molecule has 31 heavy (non-hydrogen) atoms. The minimum absolute atomic E-state index is 0.0227. The first-order valence-electron chi connectivity index (χ1n) is 8.84. The van der Waals surface area contributed by atoms with Crippen LogP contribution < -0.4 is 10.0 Å². The Bertz CT molecular complexity index is 1230. The Labute approximate surface area is 181 Å². The van der Waals surface area contributed by atoms with Crippen LogP contribution in [0.4, 0.5) is 24.5 Å². The Morgan fingerprint density at radius 2 is 1.58 bits per heavy atom. The molecule has 0 fully saturated rings. The van der Waals surface area contributed by atoms with Crippen LogP contribution in [0.1, 0.15) is 21.5 Å². The number of aryl methyl sites for hydroxylation is 1. The molecule has 3 rings (SSSR count). The SMILES string of the molecule is Cc1ccc(S(=O)(=O)Nc2ccc(C(=O)Nc3ccccc3C(F)(F)F)cc2Cl)cc1. The van der Waals surface area contributed by atoms with Crippen LogP contribution in [-0.4, -0.2) is 14.3 Å². The van der Waals surface area contributed by atoms with E-state index in [-0.39, 0.29) is 21.2 Å². The number of amides is 1. The van der Waals surface area contributed by atoms with Crippen LogP contribution in [0.25, 0.3) is 0 Å². The quantitative estimate of drug-likeness (QED) is 0.503. The molecule has 0 saturated carbocycles. The van der Waals surface area contributed by atoms with Crippen LogP contribution >= 0.6 is 11.6 Å². The van der Waals surface area contributed by atoms with Crippen LogP contribution in [0.5, 0.6) is 0 Å². The summed E-state index contributed by atoms with van der Waals surface area (Å²) in [6, 6.07) is 14.4. The summed E-state index contributed by atoms with van der Waals surface area (Å²) in [6.45, 7) is 1.82. The average molecular weight is 469 g/mol. The first-order chi connectivity index (χ1) is 14.5. The van der Waals surface area contributed by atoms with Gasteiger partial charge in [-0.15, -0.1) is 0 Å². The van der Waals surface area contributed by atoms with Gasteiger partial charge in [0, 0.05) is 5.56 Å². The van der Waals surface area contributed by atoms with E-state index in [9.17, 15) is 26.4 Å². The molecule has 0 bridgehead atoms. The van der Waals surface area contributed by atoms with E-state index in [1.54, 1.807) is 12.1 Å². The maximum atomic E-state index is 13.1. The van der Waals surface area contributed by atoms with Crippen molar-refractivity contribution in [3.8, 4) is 0 Å². The van der Waals surface area contributed by atoms with Crippen LogP contribution in [0, 0.1) is 6.92 Å². The molecular formula is C21H16ClF3N2O3S. The Balaban J connectivity index is 1.81. The number of para-hydroxylation sites is 1. The van der Waals surface area contributed by atoms with E-state index in [2.05, 4.69) is 10.0 Å². The molecule has 0 unspecified atom stereocenters. The fraction of sp³-hybridized carbons (Fsp3) is 0.0952. The van der Waals surface area contributed by atoms with Crippen LogP contribution in [0.15, 0.2) is 71.6 Å². The van der Waals surface area contributed by atoms with Crippen LogP contribution in [0.2, 0.25) is 5.02 Å². The molecule has 162 valence electrons. The highest BCUT2D eigenvalue weighted by molar-refractivity contribution is 7.92. The smallest absolute Gasteiger partial charge is 0.321 e. The molecule has 1 amide bonds. The molecule has 0 saturated heterocycles. The first-order valence-corrected chi connectivity index (χ1v) is 10.7. The first kappa shape index (κ1) is 22.6. The van der Waals surface area contributed by atoms with Crippen molar-refractivity contribution >= 4 is 38.9 Å².